The van der Waals surface area contributed by atoms with E-state index in [-0.39, 0.29) is 17.0 Å². The number of aromatic nitrogens is 3. The zero-order chi connectivity index (χ0) is 24.8. The van der Waals surface area contributed by atoms with Gasteiger partial charge >= 0.3 is 0 Å². The first-order valence-electron chi connectivity index (χ1n) is 12.0. The summed E-state index contributed by atoms with van der Waals surface area (Å²) in [6.07, 6.45) is 9.90. The molecular formula is C27H24FIN5OP. The van der Waals surface area contributed by atoms with Gasteiger partial charge in [-0.05, 0) is 100 Å². The molecule has 2 heterocycles. The highest BCUT2D eigenvalue weighted by molar-refractivity contribution is 14.2. The number of anilines is 1. The van der Waals surface area contributed by atoms with Gasteiger partial charge in [-0.2, -0.15) is 0 Å². The summed E-state index contributed by atoms with van der Waals surface area (Å²) in [4.78, 5) is 22.3. The van der Waals surface area contributed by atoms with Crippen LogP contribution in [-0.2, 0) is 6.42 Å². The Balaban J connectivity index is 1.41. The summed E-state index contributed by atoms with van der Waals surface area (Å²) in [6.45, 7) is 0. The van der Waals surface area contributed by atoms with Crippen LogP contribution in [0.1, 0.15) is 59.9 Å². The molecular weight excluding hydrogens is 587 g/mol. The number of pyridine rings is 1. The van der Waals surface area contributed by atoms with Crippen molar-refractivity contribution in [1.82, 2.24) is 14.5 Å². The maximum absolute atomic E-state index is 15.1. The molecule has 0 radical (unpaired) electrons. The SMILES string of the molecule is N=Cc1c(NPI)ncnc1-c1ccc2c(c1)CCCC2n1ccc2cc(C3CC3)cc(F)c2c1=O. The molecule has 1 saturated carbocycles. The van der Waals surface area contributed by atoms with Crippen molar-refractivity contribution in [1.29, 1.82) is 5.41 Å². The van der Waals surface area contributed by atoms with Gasteiger partial charge < -0.3 is 15.1 Å². The Hall–Kier alpha value is -2.71. The van der Waals surface area contributed by atoms with Crippen molar-refractivity contribution in [3.05, 3.63) is 87.3 Å². The van der Waals surface area contributed by atoms with Crippen LogP contribution in [0, 0.1) is 11.2 Å². The summed E-state index contributed by atoms with van der Waals surface area (Å²) >= 11 is 2.23. The summed E-state index contributed by atoms with van der Waals surface area (Å²) in [6, 6.07) is 11.4. The topological polar surface area (TPSA) is 83.7 Å². The van der Waals surface area contributed by atoms with Crippen LogP contribution in [0.15, 0.2) is 53.7 Å². The van der Waals surface area contributed by atoms with E-state index >= 15 is 4.39 Å². The van der Waals surface area contributed by atoms with Crippen molar-refractivity contribution >= 4 is 51.2 Å². The Bertz CT molecular complexity index is 1570. The fourth-order valence-corrected chi connectivity index (χ4v) is 6.45. The van der Waals surface area contributed by atoms with Gasteiger partial charge in [0.25, 0.3) is 5.56 Å². The smallest absolute Gasteiger partial charge is 0.261 e. The van der Waals surface area contributed by atoms with E-state index in [0.29, 0.717) is 34.8 Å². The van der Waals surface area contributed by atoms with Crippen molar-refractivity contribution < 1.29 is 4.39 Å². The fraction of sp³-hybridized carbons (Fsp3) is 0.259. The maximum Gasteiger partial charge on any atom is 0.261 e. The molecule has 9 heteroatoms. The molecule has 2 aromatic carbocycles. The summed E-state index contributed by atoms with van der Waals surface area (Å²) in [5.41, 5.74) is 5.24. The molecule has 0 spiro atoms. The van der Waals surface area contributed by atoms with Gasteiger partial charge in [0.05, 0.1) is 22.7 Å². The van der Waals surface area contributed by atoms with Crippen molar-refractivity contribution in [2.24, 2.45) is 0 Å². The van der Waals surface area contributed by atoms with Gasteiger partial charge in [-0.15, -0.1) is 0 Å². The fourth-order valence-electron chi connectivity index (χ4n) is 5.39. The number of halogens is 2. The molecule has 2 unspecified atom stereocenters. The molecule has 2 aliphatic rings. The molecule has 0 bridgehead atoms. The van der Waals surface area contributed by atoms with Crippen molar-refractivity contribution in [3.63, 3.8) is 0 Å². The highest BCUT2D eigenvalue weighted by Gasteiger charge is 2.27. The molecule has 6 rings (SSSR count). The monoisotopic (exact) mass is 611 g/mol. The van der Waals surface area contributed by atoms with Crippen molar-refractivity contribution in [2.45, 2.75) is 44.1 Å². The molecule has 0 amide bonds. The second-order valence-corrected chi connectivity index (χ2v) is 11.5. The van der Waals surface area contributed by atoms with E-state index in [0.717, 1.165) is 54.4 Å². The van der Waals surface area contributed by atoms with Crippen LogP contribution in [0.3, 0.4) is 0 Å². The van der Waals surface area contributed by atoms with Crippen molar-refractivity contribution in [2.75, 3.05) is 5.09 Å². The Morgan fingerprint density at radius 2 is 2.03 bits per heavy atom. The van der Waals surface area contributed by atoms with Crippen LogP contribution in [-0.4, -0.2) is 20.7 Å². The van der Waals surface area contributed by atoms with E-state index < -0.39 is 5.82 Å². The van der Waals surface area contributed by atoms with E-state index in [4.69, 9.17) is 5.41 Å². The van der Waals surface area contributed by atoms with Gasteiger partial charge in [-0.1, -0.05) is 18.2 Å². The second-order valence-electron chi connectivity index (χ2n) is 9.44. The van der Waals surface area contributed by atoms with E-state index in [1.807, 2.05) is 24.4 Å². The number of aryl methyl sites for hydroxylation is 1. The highest BCUT2D eigenvalue weighted by atomic mass is 127. The molecule has 6 nitrogen and oxygen atoms in total. The van der Waals surface area contributed by atoms with Gasteiger partial charge in [-0.25, -0.2) is 14.4 Å². The number of fused-ring (bicyclic) bond motifs is 2. The van der Waals surface area contributed by atoms with Crippen LogP contribution < -0.4 is 10.6 Å². The maximum atomic E-state index is 15.1. The Morgan fingerprint density at radius 3 is 2.81 bits per heavy atom. The number of hydrogen-bond donors (Lipinski definition) is 2. The highest BCUT2D eigenvalue weighted by Crippen LogP contribution is 2.41. The zero-order valence-electron chi connectivity index (χ0n) is 19.4. The zero-order valence-corrected chi connectivity index (χ0v) is 22.5. The molecule has 2 aliphatic carbocycles. The number of rotatable bonds is 6. The number of benzene rings is 2. The third-order valence-corrected chi connectivity index (χ3v) is 8.42. The first-order chi connectivity index (χ1) is 17.6. The van der Waals surface area contributed by atoms with E-state index in [2.05, 4.69) is 49.2 Å². The number of nitrogens with one attached hydrogen (secondary N) is 2. The largest absolute Gasteiger partial charge is 0.343 e. The van der Waals surface area contributed by atoms with E-state index in [1.165, 1.54) is 12.5 Å². The van der Waals surface area contributed by atoms with Crippen LogP contribution in [0.5, 0.6) is 0 Å². The minimum absolute atomic E-state index is 0.146. The van der Waals surface area contributed by atoms with E-state index in [1.54, 1.807) is 10.6 Å². The summed E-state index contributed by atoms with van der Waals surface area (Å²) in [5.74, 6) is 0.662. The lowest BCUT2D eigenvalue weighted by Crippen LogP contribution is -2.28. The van der Waals surface area contributed by atoms with Crippen LogP contribution >= 0.6 is 28.4 Å². The van der Waals surface area contributed by atoms with Crippen LogP contribution in [0.2, 0.25) is 0 Å². The number of hydrogen-bond acceptors (Lipinski definition) is 5. The molecule has 36 heavy (non-hydrogen) atoms. The average molecular weight is 611 g/mol. The van der Waals surface area contributed by atoms with Gasteiger partial charge in [0.1, 0.15) is 18.0 Å². The predicted octanol–water partition coefficient (Wildman–Crippen LogP) is 6.75. The standard InChI is InChI=1S/C27H24FIN5OP/c28-22-12-19(15-4-5-15)11-17-8-9-34(27(35)24(17)22)23-3-1-2-16-10-18(6-7-20(16)23)25-21(13-30)26(33-36-29)32-14-31-25/h6-15,23,30,36H,1-5H2,(H,31,32,33). The predicted molar refractivity (Wildman–Crippen MR) is 153 cm³/mol. The van der Waals surface area contributed by atoms with E-state index in [9.17, 15) is 4.79 Å². The van der Waals surface area contributed by atoms with Gasteiger partial charge in [0.2, 0.25) is 0 Å². The average Bonchev–Trinajstić information content (AvgIpc) is 3.74. The molecule has 0 saturated heterocycles. The lowest BCUT2D eigenvalue weighted by Gasteiger charge is -2.28. The molecule has 182 valence electrons. The quantitative estimate of drug-likeness (QED) is 0.144. The molecule has 1 fully saturated rings. The normalized spacial score (nSPS) is 17.4. The first kappa shape index (κ1) is 23.7. The Morgan fingerprint density at radius 1 is 1.17 bits per heavy atom. The molecule has 2 aromatic heterocycles. The third-order valence-electron chi connectivity index (χ3n) is 7.28. The van der Waals surface area contributed by atoms with Crippen molar-refractivity contribution in [3.8, 4) is 11.3 Å². The lowest BCUT2D eigenvalue weighted by molar-refractivity contribution is 0.479. The Labute approximate surface area is 222 Å². The minimum Gasteiger partial charge on any atom is -0.343 e. The lowest BCUT2D eigenvalue weighted by atomic mass is 9.85. The summed E-state index contributed by atoms with van der Waals surface area (Å²) < 4.78 is 16.8. The molecule has 2 N–H and O–H groups in total. The van der Waals surface area contributed by atoms with Crippen LogP contribution in [0.4, 0.5) is 10.2 Å². The second kappa shape index (κ2) is 9.63. The Kier molecular flexibility index (Phi) is 6.33. The number of nitrogens with zero attached hydrogens (tertiary/aromatic N) is 3. The molecule has 0 aliphatic heterocycles. The molecule has 4 aromatic rings. The summed E-state index contributed by atoms with van der Waals surface area (Å²) in [5, 5.41) is 12.0. The first-order valence-corrected chi connectivity index (χ1v) is 16.1. The van der Waals surface area contributed by atoms with Gasteiger partial charge in [0, 0.05) is 24.3 Å². The van der Waals surface area contributed by atoms with Gasteiger partial charge in [-0.3, -0.25) is 4.79 Å². The minimum atomic E-state index is -0.417. The third kappa shape index (κ3) is 4.14. The molecule has 2 atom stereocenters. The van der Waals surface area contributed by atoms with Crippen LogP contribution in [0.25, 0.3) is 22.0 Å². The van der Waals surface area contributed by atoms with Gasteiger partial charge in [0.15, 0.2) is 0 Å². The summed E-state index contributed by atoms with van der Waals surface area (Å²) in [7, 11) is 0.